The lowest BCUT2D eigenvalue weighted by atomic mass is 10.1. The van der Waals surface area contributed by atoms with Gasteiger partial charge in [0.15, 0.2) is 5.85 Å². The number of rotatable bonds is 10. The van der Waals surface area contributed by atoms with Gasteiger partial charge in [0, 0.05) is 0 Å². The molecule has 0 bridgehead atoms. The molecule has 0 unspecified atom stereocenters. The van der Waals surface area contributed by atoms with Crippen LogP contribution in [-0.2, 0) is 25.0 Å². The van der Waals surface area contributed by atoms with Crippen LogP contribution in [0.1, 0.15) is 39.7 Å². The highest BCUT2D eigenvalue weighted by Gasteiger charge is 2.36. The highest BCUT2D eigenvalue weighted by atomic mass is 31.2. The quantitative estimate of drug-likeness (QED) is 0.580. The molecule has 0 fully saturated rings. The highest BCUT2D eigenvalue weighted by molar-refractivity contribution is 7.54. The van der Waals surface area contributed by atoms with Gasteiger partial charge >= 0.3 is 7.60 Å². The molecule has 0 aliphatic rings. The van der Waals surface area contributed by atoms with Gasteiger partial charge in [0.25, 0.3) is 0 Å². The van der Waals surface area contributed by atoms with Gasteiger partial charge in [-0.3, -0.25) is 4.57 Å². The van der Waals surface area contributed by atoms with Gasteiger partial charge in [0.2, 0.25) is 0 Å². The number of ether oxygens (including phenoxy) is 1. The number of hydrogen-bond donors (Lipinski definition) is 0. The van der Waals surface area contributed by atoms with Crippen molar-refractivity contribution < 1.29 is 18.3 Å². The summed E-state index contributed by atoms with van der Waals surface area (Å²) in [6.07, 6.45) is 0.643. The summed E-state index contributed by atoms with van der Waals surface area (Å²) < 4.78 is 29.7. The summed E-state index contributed by atoms with van der Waals surface area (Å²) >= 11 is 0. The molecular formula is C16H27O4P. The molecule has 1 aromatic rings. The largest absolute Gasteiger partial charge is 0.361 e. The Bertz CT molecular complexity index is 423. The minimum atomic E-state index is -3.24. The fourth-order valence-corrected chi connectivity index (χ4v) is 4.09. The summed E-state index contributed by atoms with van der Waals surface area (Å²) in [6.45, 7) is 8.87. The van der Waals surface area contributed by atoms with Crippen molar-refractivity contribution in [1.82, 2.24) is 0 Å². The van der Waals surface area contributed by atoms with Crippen molar-refractivity contribution in [3.05, 3.63) is 35.9 Å². The van der Waals surface area contributed by atoms with Crippen LogP contribution in [-0.4, -0.2) is 19.1 Å². The Morgan fingerprint density at radius 3 is 2.10 bits per heavy atom. The zero-order valence-corrected chi connectivity index (χ0v) is 14.3. The molecule has 0 aromatic heterocycles. The van der Waals surface area contributed by atoms with E-state index in [0.29, 0.717) is 32.2 Å². The average molecular weight is 314 g/mol. The summed E-state index contributed by atoms with van der Waals surface area (Å²) in [5.41, 5.74) is 1.05. The summed E-state index contributed by atoms with van der Waals surface area (Å²) in [7, 11) is -3.24. The van der Waals surface area contributed by atoms with E-state index >= 15 is 0 Å². The SMILES string of the molecule is CCOP(=O)(OCC)[C@@H](CC(C)C)OCc1ccccc1. The van der Waals surface area contributed by atoms with Crippen LogP contribution in [0.2, 0.25) is 0 Å². The van der Waals surface area contributed by atoms with Crippen LogP contribution in [0.15, 0.2) is 30.3 Å². The molecule has 0 radical (unpaired) electrons. The Morgan fingerprint density at radius 1 is 1.05 bits per heavy atom. The molecule has 0 saturated heterocycles. The Hall–Kier alpha value is -0.670. The summed E-state index contributed by atoms with van der Waals surface area (Å²) in [5.74, 6) is -0.183. The van der Waals surface area contributed by atoms with Crippen LogP contribution < -0.4 is 0 Å². The third kappa shape index (κ3) is 6.31. The molecular weight excluding hydrogens is 287 g/mol. The lowest BCUT2D eigenvalue weighted by Crippen LogP contribution is -2.19. The minimum absolute atomic E-state index is 0.347. The van der Waals surface area contributed by atoms with E-state index in [1.807, 2.05) is 44.2 Å². The maximum Gasteiger partial charge on any atom is 0.359 e. The Labute approximate surface area is 128 Å². The Morgan fingerprint density at radius 2 is 1.62 bits per heavy atom. The molecule has 4 nitrogen and oxygen atoms in total. The van der Waals surface area contributed by atoms with E-state index in [1.54, 1.807) is 0 Å². The lowest BCUT2D eigenvalue weighted by Gasteiger charge is -2.27. The van der Waals surface area contributed by atoms with E-state index in [2.05, 4.69) is 13.8 Å². The first-order chi connectivity index (χ1) is 10.0. The molecule has 0 spiro atoms. The standard InChI is InChI=1S/C16H27O4P/c1-5-19-21(17,20-6-2)16(12-14(3)4)18-13-15-10-8-7-9-11-15/h7-11,14,16H,5-6,12-13H2,1-4H3/t16-/m0/s1. The second-order valence-corrected chi connectivity index (χ2v) is 7.43. The molecule has 1 aromatic carbocycles. The van der Waals surface area contributed by atoms with E-state index in [9.17, 15) is 4.57 Å². The van der Waals surface area contributed by atoms with Crippen molar-refractivity contribution in [1.29, 1.82) is 0 Å². The average Bonchev–Trinajstić information content (AvgIpc) is 2.44. The topological polar surface area (TPSA) is 44.8 Å². The third-order valence-corrected chi connectivity index (χ3v) is 5.23. The lowest BCUT2D eigenvalue weighted by molar-refractivity contribution is 0.0480. The van der Waals surface area contributed by atoms with Gasteiger partial charge in [-0.15, -0.1) is 0 Å². The fraction of sp³-hybridized carbons (Fsp3) is 0.625. The first-order valence-corrected chi connectivity index (χ1v) is 9.17. The molecule has 0 heterocycles. The maximum atomic E-state index is 12.9. The highest BCUT2D eigenvalue weighted by Crippen LogP contribution is 2.55. The van der Waals surface area contributed by atoms with Gasteiger partial charge in [-0.25, -0.2) is 0 Å². The predicted molar refractivity (Wildman–Crippen MR) is 85.3 cm³/mol. The molecule has 0 aliphatic carbocycles. The van der Waals surface area contributed by atoms with Gasteiger partial charge in [0.05, 0.1) is 19.8 Å². The molecule has 0 aliphatic heterocycles. The molecule has 21 heavy (non-hydrogen) atoms. The first-order valence-electron chi connectivity index (χ1n) is 7.56. The van der Waals surface area contributed by atoms with Gasteiger partial charge in [-0.2, -0.15) is 0 Å². The van der Waals surface area contributed by atoms with Crippen molar-refractivity contribution in [3.8, 4) is 0 Å². The summed E-state index contributed by atoms with van der Waals surface area (Å²) in [6, 6.07) is 9.85. The van der Waals surface area contributed by atoms with Crippen LogP contribution in [0.25, 0.3) is 0 Å². The summed E-state index contributed by atoms with van der Waals surface area (Å²) in [5, 5.41) is 0. The maximum absolute atomic E-state index is 12.9. The van der Waals surface area contributed by atoms with Gasteiger partial charge in [0.1, 0.15) is 0 Å². The van der Waals surface area contributed by atoms with Crippen LogP contribution in [0.4, 0.5) is 0 Å². The zero-order chi connectivity index (χ0) is 15.7. The van der Waals surface area contributed by atoms with Gasteiger partial charge < -0.3 is 13.8 Å². The van der Waals surface area contributed by atoms with E-state index in [-0.39, 0.29) is 0 Å². The fourth-order valence-electron chi connectivity index (χ4n) is 2.02. The predicted octanol–water partition coefficient (Wildman–Crippen LogP) is 4.84. The van der Waals surface area contributed by atoms with Crippen LogP contribution in [0.3, 0.4) is 0 Å². The van der Waals surface area contributed by atoms with Crippen molar-refractivity contribution in [2.45, 2.75) is 46.6 Å². The second kappa shape index (κ2) is 9.37. The van der Waals surface area contributed by atoms with Crippen LogP contribution in [0, 0.1) is 5.92 Å². The molecule has 0 amide bonds. The first kappa shape index (κ1) is 18.4. The Kier molecular flexibility index (Phi) is 8.20. The van der Waals surface area contributed by atoms with Gasteiger partial charge in [-0.05, 0) is 31.7 Å². The molecule has 5 heteroatoms. The normalized spacial score (nSPS) is 13.6. The van der Waals surface area contributed by atoms with Crippen molar-refractivity contribution >= 4 is 7.60 Å². The van der Waals surface area contributed by atoms with E-state index < -0.39 is 13.4 Å². The molecule has 1 atom stereocenters. The van der Waals surface area contributed by atoms with E-state index in [1.165, 1.54) is 0 Å². The molecule has 1 rings (SSSR count). The zero-order valence-electron chi connectivity index (χ0n) is 13.5. The van der Waals surface area contributed by atoms with Gasteiger partial charge in [-0.1, -0.05) is 44.2 Å². The van der Waals surface area contributed by atoms with Crippen LogP contribution in [0.5, 0.6) is 0 Å². The van der Waals surface area contributed by atoms with Crippen molar-refractivity contribution in [2.24, 2.45) is 5.92 Å². The molecule has 0 N–H and O–H groups in total. The van der Waals surface area contributed by atoms with E-state index in [0.717, 1.165) is 5.56 Å². The Balaban J connectivity index is 2.80. The van der Waals surface area contributed by atoms with Crippen molar-refractivity contribution in [3.63, 3.8) is 0 Å². The minimum Gasteiger partial charge on any atom is -0.361 e. The molecule has 0 saturated carbocycles. The summed E-state index contributed by atoms with van der Waals surface area (Å²) in [4.78, 5) is 0. The smallest absolute Gasteiger partial charge is 0.359 e. The second-order valence-electron chi connectivity index (χ2n) is 5.26. The van der Waals surface area contributed by atoms with Crippen molar-refractivity contribution in [2.75, 3.05) is 13.2 Å². The molecule has 120 valence electrons. The van der Waals surface area contributed by atoms with Crippen LogP contribution >= 0.6 is 7.60 Å². The monoisotopic (exact) mass is 314 g/mol. The third-order valence-electron chi connectivity index (χ3n) is 2.93. The number of benzene rings is 1. The number of hydrogen-bond acceptors (Lipinski definition) is 4. The van der Waals surface area contributed by atoms with E-state index in [4.69, 9.17) is 13.8 Å².